The molecule has 0 fully saturated rings. The van der Waals surface area contributed by atoms with Gasteiger partial charge in [0.15, 0.2) is 0 Å². The fourth-order valence-electron chi connectivity index (χ4n) is 0.537. The van der Waals surface area contributed by atoms with Crippen molar-refractivity contribution in [2.45, 2.75) is 20.8 Å². The summed E-state index contributed by atoms with van der Waals surface area (Å²) in [6.07, 6.45) is 0. The normalized spacial score (nSPS) is 11.9. The van der Waals surface area contributed by atoms with E-state index in [-0.39, 0.29) is 5.55 Å². The minimum Gasteiger partial charge on any atom is -0.361 e. The second kappa shape index (κ2) is 3.16. The number of hydrogen-bond donors (Lipinski definition) is 0. The van der Waals surface area contributed by atoms with Gasteiger partial charge in [-0.2, -0.15) is 4.79 Å². The first-order chi connectivity index (χ1) is 5.22. The van der Waals surface area contributed by atoms with E-state index in [1.807, 2.05) is 0 Å². The Bertz CT molecular complexity index is 330. The minimum absolute atomic E-state index is 0.237. The summed E-state index contributed by atoms with van der Waals surface area (Å²) in [4.78, 5) is 13.4. The maximum Gasteiger partial charge on any atom is 0.377 e. The summed E-state index contributed by atoms with van der Waals surface area (Å²) in [6, 6.07) is 0. The zero-order valence-corrected chi connectivity index (χ0v) is 7.92. The van der Waals surface area contributed by atoms with Crippen LogP contribution in [0.1, 0.15) is 20.8 Å². The highest BCUT2D eigenvalue weighted by Gasteiger charge is 2.35. The largest absolute Gasteiger partial charge is 0.377 e. The Morgan fingerprint density at radius 3 is 2.08 bits per heavy atom. The molecule has 0 aromatic heterocycles. The molecule has 0 aromatic carbocycles. The molecular formula is C6H10N2O3S. The highest BCUT2D eigenvalue weighted by atomic mass is 32.2. The summed E-state index contributed by atoms with van der Waals surface area (Å²) in [5, 5.41) is -0.965. The summed E-state index contributed by atoms with van der Waals surface area (Å²) in [7, 11) is -4.05. The zero-order valence-electron chi connectivity index (χ0n) is 7.10. The average Bonchev–Trinajstić information content (AvgIpc) is 1.84. The van der Waals surface area contributed by atoms with Crippen LogP contribution in [0.2, 0.25) is 0 Å². The molecule has 0 amide bonds. The highest BCUT2D eigenvalue weighted by Crippen LogP contribution is 2.17. The molecule has 0 unspecified atom stereocenters. The van der Waals surface area contributed by atoms with Gasteiger partial charge in [-0.25, -0.2) is 8.42 Å². The van der Waals surface area contributed by atoms with Gasteiger partial charge in [0.2, 0.25) is 0 Å². The quantitative estimate of drug-likeness (QED) is 0.256. The van der Waals surface area contributed by atoms with Crippen LogP contribution in [-0.2, 0) is 14.6 Å². The Hall–Kier alpha value is -1.00. The Morgan fingerprint density at radius 2 is 1.83 bits per heavy atom. The third kappa shape index (κ3) is 2.56. The Morgan fingerprint density at radius 1 is 1.42 bits per heavy atom. The van der Waals surface area contributed by atoms with Crippen LogP contribution >= 0.6 is 0 Å². The number of rotatable bonds is 1. The van der Waals surface area contributed by atoms with Gasteiger partial charge in [-0.3, -0.25) is 4.79 Å². The second-order valence-electron chi connectivity index (χ2n) is 3.30. The molecule has 0 spiro atoms. The number of nitrogens with zero attached hydrogens (tertiary/aromatic N) is 2. The molecule has 0 aromatic rings. The Kier molecular flexibility index (Phi) is 2.90. The molecule has 0 saturated carbocycles. The van der Waals surface area contributed by atoms with Crippen molar-refractivity contribution in [2.24, 2.45) is 5.41 Å². The first-order valence-electron chi connectivity index (χ1n) is 3.19. The molecule has 0 aliphatic carbocycles. The fraction of sp³-hybridized carbons (Fsp3) is 0.667. The van der Waals surface area contributed by atoms with Gasteiger partial charge < -0.3 is 5.53 Å². The van der Waals surface area contributed by atoms with Crippen LogP contribution in [0.3, 0.4) is 0 Å². The predicted molar refractivity (Wildman–Crippen MR) is 43.1 cm³/mol. The zero-order chi connectivity index (χ0) is 9.99. The molecule has 0 bridgehead atoms. The van der Waals surface area contributed by atoms with Gasteiger partial charge in [0.1, 0.15) is 0 Å². The number of hydrogen-bond acceptors (Lipinski definition) is 3. The van der Waals surface area contributed by atoms with Crippen LogP contribution in [0.5, 0.6) is 0 Å². The summed E-state index contributed by atoms with van der Waals surface area (Å²) < 4.78 is 21.8. The average molecular weight is 190 g/mol. The molecule has 0 atom stereocenters. The van der Waals surface area contributed by atoms with E-state index in [1.165, 1.54) is 20.8 Å². The molecule has 12 heavy (non-hydrogen) atoms. The summed E-state index contributed by atoms with van der Waals surface area (Å²) in [5.74, 6) is 0. The van der Waals surface area contributed by atoms with Crippen LogP contribution in [0.4, 0.5) is 0 Å². The van der Waals surface area contributed by atoms with Crippen LogP contribution in [0.25, 0.3) is 5.53 Å². The Labute approximate surface area is 70.9 Å². The third-order valence-electron chi connectivity index (χ3n) is 1.06. The molecule has 0 aliphatic rings. The number of carbonyl (C=O) groups is 1. The maximum absolute atomic E-state index is 11.1. The van der Waals surface area contributed by atoms with Crippen molar-refractivity contribution in [3.05, 3.63) is 5.53 Å². The van der Waals surface area contributed by atoms with Crippen LogP contribution < -0.4 is 0 Å². The molecular weight excluding hydrogens is 180 g/mol. The number of sulfone groups is 1. The van der Waals surface area contributed by atoms with Gasteiger partial charge >= 0.3 is 15.4 Å². The van der Waals surface area contributed by atoms with Gasteiger partial charge in [-0.05, 0) is 0 Å². The number of carbonyl (C=O) groups excluding carboxylic acids is 1. The smallest absolute Gasteiger partial charge is 0.361 e. The van der Waals surface area contributed by atoms with Crippen molar-refractivity contribution in [2.75, 3.05) is 0 Å². The van der Waals surface area contributed by atoms with E-state index in [1.54, 1.807) is 0 Å². The van der Waals surface area contributed by atoms with E-state index < -0.39 is 20.4 Å². The lowest BCUT2D eigenvalue weighted by atomic mass is 10.00. The highest BCUT2D eigenvalue weighted by molar-refractivity contribution is 8.17. The molecule has 0 aliphatic heterocycles. The van der Waals surface area contributed by atoms with Crippen molar-refractivity contribution in [1.29, 1.82) is 0 Å². The first kappa shape index (κ1) is 11.0. The lowest BCUT2D eigenvalue weighted by molar-refractivity contribution is -0.118. The Balaban J connectivity index is 5.11. The maximum atomic E-state index is 11.1. The van der Waals surface area contributed by atoms with E-state index in [4.69, 9.17) is 5.53 Å². The fourth-order valence-corrected chi connectivity index (χ4v) is 1.61. The molecule has 0 saturated heterocycles. The third-order valence-corrected chi connectivity index (χ3v) is 2.56. The van der Waals surface area contributed by atoms with E-state index in [2.05, 4.69) is 4.79 Å². The lowest BCUT2D eigenvalue weighted by Crippen LogP contribution is -2.29. The molecule has 0 radical (unpaired) electrons. The minimum atomic E-state index is -4.05. The van der Waals surface area contributed by atoms with Crippen LogP contribution in [0, 0.1) is 5.41 Å². The van der Waals surface area contributed by atoms with Crippen molar-refractivity contribution in [3.8, 4) is 0 Å². The van der Waals surface area contributed by atoms with E-state index in [0.717, 1.165) is 0 Å². The molecule has 5 nitrogen and oxygen atoms in total. The van der Waals surface area contributed by atoms with Crippen molar-refractivity contribution in [3.63, 3.8) is 0 Å². The standard InChI is InChI=1S/C6H10N2O3S/c1-6(2,3)5(9)12(10,11)4-8-7/h4H,1-3H3. The van der Waals surface area contributed by atoms with Crippen molar-refractivity contribution in [1.82, 2.24) is 0 Å². The van der Waals surface area contributed by atoms with Gasteiger partial charge in [0.25, 0.3) is 5.12 Å². The summed E-state index contributed by atoms with van der Waals surface area (Å²) in [5.41, 5.74) is 7.21. The summed E-state index contributed by atoms with van der Waals surface area (Å²) >= 11 is 0. The lowest BCUT2D eigenvalue weighted by Gasteiger charge is -2.12. The van der Waals surface area contributed by atoms with Gasteiger partial charge in [0.05, 0.1) is 0 Å². The van der Waals surface area contributed by atoms with Crippen LogP contribution in [-0.4, -0.2) is 23.9 Å². The van der Waals surface area contributed by atoms with E-state index in [9.17, 15) is 13.2 Å². The SMILES string of the molecule is CC(C)(C)C(=O)S(=O)(=O)C=[N+]=[N-]. The molecule has 0 N–H and O–H groups in total. The van der Waals surface area contributed by atoms with Crippen molar-refractivity contribution < 1.29 is 18.0 Å². The monoisotopic (exact) mass is 190 g/mol. The molecule has 0 rings (SSSR count). The van der Waals surface area contributed by atoms with Crippen molar-refractivity contribution >= 4 is 20.5 Å². The second-order valence-corrected chi connectivity index (χ2v) is 4.97. The molecule has 6 heteroatoms. The van der Waals surface area contributed by atoms with E-state index in [0.29, 0.717) is 0 Å². The summed E-state index contributed by atoms with van der Waals surface area (Å²) in [6.45, 7) is 4.41. The first-order valence-corrected chi connectivity index (χ1v) is 4.73. The molecule has 68 valence electrons. The molecule has 0 heterocycles. The van der Waals surface area contributed by atoms with Gasteiger partial charge in [-0.15, -0.1) is 0 Å². The topological polar surface area (TPSA) is 87.6 Å². The predicted octanol–water partition coefficient (Wildman–Crippen LogP) is 0.232. The van der Waals surface area contributed by atoms with Gasteiger partial charge in [0, 0.05) is 5.41 Å². The van der Waals surface area contributed by atoms with Crippen LogP contribution in [0.15, 0.2) is 0 Å². The van der Waals surface area contributed by atoms with Gasteiger partial charge in [-0.1, -0.05) is 20.8 Å². The van der Waals surface area contributed by atoms with E-state index >= 15 is 0 Å².